The normalized spacial score (nSPS) is 25.7. The van der Waals surface area contributed by atoms with Gasteiger partial charge in [0.25, 0.3) is 0 Å². The SMILES string of the molecule is CCN1CCCC1CN(C)C(=O)C1(C(N)=S)CCOCC1. The summed E-state index contributed by atoms with van der Waals surface area (Å²) < 4.78 is 5.38. The molecule has 21 heavy (non-hydrogen) atoms. The van der Waals surface area contributed by atoms with E-state index < -0.39 is 5.41 Å². The van der Waals surface area contributed by atoms with E-state index in [4.69, 9.17) is 22.7 Å². The summed E-state index contributed by atoms with van der Waals surface area (Å²) in [5, 5.41) is 0. The van der Waals surface area contributed by atoms with Crippen molar-refractivity contribution in [3.05, 3.63) is 0 Å². The summed E-state index contributed by atoms with van der Waals surface area (Å²) in [4.78, 5) is 17.5. The number of rotatable bonds is 5. The predicted octanol–water partition coefficient (Wildman–Crippen LogP) is 1.01. The van der Waals surface area contributed by atoms with Gasteiger partial charge in [-0.05, 0) is 38.8 Å². The highest BCUT2D eigenvalue weighted by molar-refractivity contribution is 7.80. The molecule has 2 N–H and O–H groups in total. The van der Waals surface area contributed by atoms with Crippen molar-refractivity contribution >= 4 is 23.1 Å². The van der Waals surface area contributed by atoms with Crippen LogP contribution in [0.3, 0.4) is 0 Å². The largest absolute Gasteiger partial charge is 0.392 e. The molecule has 2 heterocycles. The molecular formula is C15H27N3O2S. The molecule has 0 radical (unpaired) electrons. The van der Waals surface area contributed by atoms with Gasteiger partial charge >= 0.3 is 0 Å². The number of hydrogen-bond donors (Lipinski definition) is 1. The maximum atomic E-state index is 12.9. The van der Waals surface area contributed by atoms with Crippen LogP contribution < -0.4 is 5.73 Å². The van der Waals surface area contributed by atoms with Gasteiger partial charge in [0.15, 0.2) is 0 Å². The summed E-state index contributed by atoms with van der Waals surface area (Å²) >= 11 is 5.22. The molecule has 0 aliphatic carbocycles. The molecule has 120 valence electrons. The molecule has 2 fully saturated rings. The Morgan fingerprint density at radius 3 is 2.71 bits per heavy atom. The molecule has 1 unspecified atom stereocenters. The number of nitrogens with zero attached hydrogens (tertiary/aromatic N) is 2. The van der Waals surface area contributed by atoms with Gasteiger partial charge in [0, 0.05) is 32.8 Å². The molecule has 1 amide bonds. The monoisotopic (exact) mass is 313 g/mol. The van der Waals surface area contributed by atoms with Gasteiger partial charge in [0.05, 0.1) is 4.99 Å². The Labute approximate surface area is 132 Å². The first-order valence-corrected chi connectivity index (χ1v) is 8.29. The van der Waals surface area contributed by atoms with Crippen LogP contribution in [0.1, 0.15) is 32.6 Å². The summed E-state index contributed by atoms with van der Waals surface area (Å²) in [5.74, 6) is 0.0706. The third-order valence-corrected chi connectivity index (χ3v) is 5.35. The zero-order valence-corrected chi connectivity index (χ0v) is 14.0. The minimum Gasteiger partial charge on any atom is -0.392 e. The lowest BCUT2D eigenvalue weighted by molar-refractivity contribution is -0.141. The van der Waals surface area contributed by atoms with Gasteiger partial charge in [-0.1, -0.05) is 19.1 Å². The number of amides is 1. The van der Waals surface area contributed by atoms with Crippen LogP contribution in [-0.2, 0) is 9.53 Å². The Morgan fingerprint density at radius 2 is 2.14 bits per heavy atom. The van der Waals surface area contributed by atoms with Gasteiger partial charge in [-0.2, -0.15) is 0 Å². The number of thiocarbonyl (C=S) groups is 1. The van der Waals surface area contributed by atoms with E-state index in [0.717, 1.165) is 26.1 Å². The van der Waals surface area contributed by atoms with Crippen molar-refractivity contribution in [3.8, 4) is 0 Å². The quantitative estimate of drug-likeness (QED) is 0.768. The molecule has 0 bridgehead atoms. The van der Waals surface area contributed by atoms with Crippen LogP contribution >= 0.6 is 12.2 Å². The molecular weight excluding hydrogens is 286 g/mol. The first kappa shape index (κ1) is 16.6. The van der Waals surface area contributed by atoms with E-state index in [1.807, 2.05) is 11.9 Å². The molecule has 0 aromatic heterocycles. The van der Waals surface area contributed by atoms with Crippen LogP contribution in [0.25, 0.3) is 0 Å². The van der Waals surface area contributed by atoms with Gasteiger partial charge in [-0.15, -0.1) is 0 Å². The van der Waals surface area contributed by atoms with Crippen LogP contribution in [0.15, 0.2) is 0 Å². The predicted molar refractivity (Wildman–Crippen MR) is 87.2 cm³/mol. The summed E-state index contributed by atoms with van der Waals surface area (Å²) in [7, 11) is 1.88. The number of likely N-dealkylation sites (tertiary alicyclic amines) is 1. The van der Waals surface area contributed by atoms with Crippen molar-refractivity contribution < 1.29 is 9.53 Å². The van der Waals surface area contributed by atoms with E-state index in [1.165, 1.54) is 6.42 Å². The van der Waals surface area contributed by atoms with Crippen molar-refractivity contribution in [3.63, 3.8) is 0 Å². The van der Waals surface area contributed by atoms with E-state index in [-0.39, 0.29) is 5.91 Å². The maximum absolute atomic E-state index is 12.9. The zero-order valence-electron chi connectivity index (χ0n) is 13.1. The number of ether oxygens (including phenoxy) is 1. The third-order valence-electron chi connectivity index (χ3n) is 4.96. The molecule has 5 nitrogen and oxygen atoms in total. The van der Waals surface area contributed by atoms with E-state index in [9.17, 15) is 4.79 Å². The lowest BCUT2D eigenvalue weighted by Gasteiger charge is -2.39. The molecule has 2 saturated heterocycles. The first-order chi connectivity index (χ1) is 10.0. The molecule has 1 atom stereocenters. The fourth-order valence-corrected chi connectivity index (χ4v) is 3.86. The Kier molecular flexibility index (Phi) is 5.57. The lowest BCUT2D eigenvalue weighted by Crippen LogP contribution is -2.54. The van der Waals surface area contributed by atoms with Gasteiger partial charge < -0.3 is 15.4 Å². The zero-order chi connectivity index (χ0) is 15.5. The molecule has 0 spiro atoms. The van der Waals surface area contributed by atoms with Crippen molar-refractivity contribution in [2.75, 3.05) is 39.9 Å². The summed E-state index contributed by atoms with van der Waals surface area (Å²) in [6.45, 7) is 6.23. The minimum atomic E-state index is -0.696. The Hall–Kier alpha value is -0.720. The molecule has 0 aromatic carbocycles. The molecule has 6 heteroatoms. The van der Waals surface area contributed by atoms with Crippen LogP contribution in [-0.4, -0.2) is 66.6 Å². The van der Waals surface area contributed by atoms with Crippen LogP contribution in [0, 0.1) is 5.41 Å². The lowest BCUT2D eigenvalue weighted by atomic mass is 9.78. The number of hydrogen-bond acceptors (Lipinski definition) is 4. The van der Waals surface area contributed by atoms with Crippen LogP contribution in [0.2, 0.25) is 0 Å². The van der Waals surface area contributed by atoms with Gasteiger partial charge in [0.1, 0.15) is 5.41 Å². The van der Waals surface area contributed by atoms with Gasteiger partial charge in [-0.25, -0.2) is 0 Å². The first-order valence-electron chi connectivity index (χ1n) is 7.88. The standard InChI is InChI=1S/C15H27N3O2S/c1-3-18-8-4-5-12(18)11-17(2)14(19)15(13(16)21)6-9-20-10-7-15/h12H,3-11H2,1-2H3,(H2,16,21). The summed E-state index contributed by atoms with van der Waals surface area (Å²) in [5.41, 5.74) is 5.22. The van der Waals surface area contributed by atoms with Crippen LogP contribution in [0.5, 0.6) is 0 Å². The molecule has 2 aliphatic heterocycles. The fraction of sp³-hybridized carbons (Fsp3) is 0.867. The Bertz CT molecular complexity index is 396. The van der Waals surface area contributed by atoms with Crippen molar-refractivity contribution in [2.24, 2.45) is 11.1 Å². The smallest absolute Gasteiger partial charge is 0.235 e. The number of nitrogens with two attached hydrogens (primary N) is 1. The molecule has 0 aromatic rings. The summed E-state index contributed by atoms with van der Waals surface area (Å²) in [6.07, 6.45) is 3.59. The van der Waals surface area contributed by atoms with Crippen molar-refractivity contribution in [1.29, 1.82) is 0 Å². The Morgan fingerprint density at radius 1 is 1.48 bits per heavy atom. The molecule has 2 rings (SSSR count). The maximum Gasteiger partial charge on any atom is 0.235 e. The second-order valence-corrected chi connectivity index (χ2v) is 6.61. The highest BCUT2D eigenvalue weighted by Gasteiger charge is 2.45. The highest BCUT2D eigenvalue weighted by Crippen LogP contribution is 2.33. The van der Waals surface area contributed by atoms with Crippen molar-refractivity contribution in [1.82, 2.24) is 9.80 Å². The second-order valence-electron chi connectivity index (χ2n) is 6.17. The van der Waals surface area contributed by atoms with E-state index in [2.05, 4.69) is 11.8 Å². The van der Waals surface area contributed by atoms with Crippen molar-refractivity contribution in [2.45, 2.75) is 38.6 Å². The van der Waals surface area contributed by atoms with E-state index in [0.29, 0.717) is 37.1 Å². The van der Waals surface area contributed by atoms with E-state index in [1.54, 1.807) is 0 Å². The number of carbonyl (C=O) groups excluding carboxylic acids is 1. The number of carbonyl (C=O) groups is 1. The fourth-order valence-electron chi connectivity index (χ4n) is 3.57. The average molecular weight is 313 g/mol. The second kappa shape index (κ2) is 7.03. The third kappa shape index (κ3) is 3.38. The average Bonchev–Trinajstić information content (AvgIpc) is 2.94. The van der Waals surface area contributed by atoms with Gasteiger partial charge in [-0.3, -0.25) is 9.69 Å². The van der Waals surface area contributed by atoms with Crippen LogP contribution in [0.4, 0.5) is 0 Å². The molecule has 2 aliphatic rings. The highest BCUT2D eigenvalue weighted by atomic mass is 32.1. The topological polar surface area (TPSA) is 58.8 Å². The Balaban J connectivity index is 2.04. The molecule has 0 saturated carbocycles. The summed E-state index contributed by atoms with van der Waals surface area (Å²) in [6, 6.07) is 0.465. The van der Waals surface area contributed by atoms with Gasteiger partial charge in [0.2, 0.25) is 5.91 Å². The number of likely N-dealkylation sites (N-methyl/N-ethyl adjacent to an activating group) is 2. The van der Waals surface area contributed by atoms with E-state index >= 15 is 0 Å². The minimum absolute atomic E-state index is 0.0706.